The molecular formula is C58H77N9O8S. The molecule has 18 heteroatoms. The molecule has 3 saturated carbocycles. The van der Waals surface area contributed by atoms with Crippen molar-refractivity contribution in [1.29, 1.82) is 0 Å². The van der Waals surface area contributed by atoms with Gasteiger partial charge in [-0.3, -0.25) is 34.2 Å². The fraction of sp³-hybridized carbons (Fsp3) is 0.672. The van der Waals surface area contributed by atoms with Crippen LogP contribution in [0.25, 0.3) is 33.4 Å². The number of cyclic esters (lactones) is 1. The highest BCUT2D eigenvalue weighted by molar-refractivity contribution is 7.10. The third-order valence-electron chi connectivity index (χ3n) is 18.8. The molecule has 76 heavy (non-hydrogen) atoms. The number of anilines is 1. The van der Waals surface area contributed by atoms with Crippen molar-refractivity contribution in [3.05, 3.63) is 52.1 Å². The van der Waals surface area contributed by atoms with Crippen molar-refractivity contribution < 1.29 is 38.1 Å². The van der Waals surface area contributed by atoms with E-state index in [-0.39, 0.29) is 42.8 Å². The van der Waals surface area contributed by atoms with Crippen LogP contribution in [0, 0.1) is 17.3 Å². The Kier molecular flexibility index (Phi) is 13.6. The second-order valence-corrected chi connectivity index (χ2v) is 25.4. The van der Waals surface area contributed by atoms with Gasteiger partial charge in [-0.05, 0) is 120 Å². The fourth-order valence-corrected chi connectivity index (χ4v) is 15.1. The van der Waals surface area contributed by atoms with Gasteiger partial charge in [0.25, 0.3) is 11.8 Å². The Morgan fingerprint density at radius 2 is 1.82 bits per heavy atom. The maximum Gasteiger partial charge on any atom is 0.324 e. The van der Waals surface area contributed by atoms with E-state index in [0.717, 1.165) is 120 Å². The maximum atomic E-state index is 15.4. The summed E-state index contributed by atoms with van der Waals surface area (Å²) < 4.78 is 33.7. The molecule has 11 aliphatic rings. The molecule has 2 N–H and O–H groups in total. The van der Waals surface area contributed by atoms with Gasteiger partial charge in [-0.25, -0.2) is 10.4 Å². The number of nitrogens with zero attached hydrogens (tertiary/aromatic N) is 7. The number of rotatable bonds is 12. The molecule has 15 rings (SSSR count). The second-order valence-electron chi connectivity index (χ2n) is 24.6. The molecule has 17 nitrogen and oxygen atoms in total. The Bertz CT molecular complexity index is 2840. The smallest absolute Gasteiger partial charge is 0.324 e. The quantitative estimate of drug-likeness (QED) is 0.142. The number of hydrogen-bond donors (Lipinski definition) is 2. The molecule has 10 bridgehead atoms. The van der Waals surface area contributed by atoms with Crippen molar-refractivity contribution in [3.8, 4) is 22.5 Å². The first-order chi connectivity index (χ1) is 36.8. The molecular weight excluding hydrogens is 983 g/mol. The van der Waals surface area contributed by atoms with Crippen molar-refractivity contribution in [1.82, 2.24) is 40.1 Å². The van der Waals surface area contributed by atoms with E-state index in [0.29, 0.717) is 76.9 Å². The van der Waals surface area contributed by atoms with Gasteiger partial charge >= 0.3 is 5.97 Å². The summed E-state index contributed by atoms with van der Waals surface area (Å²) in [4.78, 5) is 62.8. The number of benzene rings is 1. The summed E-state index contributed by atoms with van der Waals surface area (Å²) in [5, 5.41) is 8.89. The van der Waals surface area contributed by atoms with Crippen molar-refractivity contribution in [2.45, 2.75) is 159 Å². The van der Waals surface area contributed by atoms with E-state index in [9.17, 15) is 9.59 Å². The number of esters is 1. The van der Waals surface area contributed by atoms with Crippen LogP contribution in [-0.2, 0) is 51.0 Å². The lowest BCUT2D eigenvalue weighted by Crippen LogP contribution is -2.64. The highest BCUT2D eigenvalue weighted by Crippen LogP contribution is 2.53. The van der Waals surface area contributed by atoms with Gasteiger partial charge in [0.15, 0.2) is 0 Å². The van der Waals surface area contributed by atoms with Crippen LogP contribution in [-0.4, -0.2) is 162 Å². The zero-order valence-corrected chi connectivity index (χ0v) is 45.9. The monoisotopic (exact) mass is 1060 g/mol. The fourth-order valence-electron chi connectivity index (χ4n) is 14.1. The van der Waals surface area contributed by atoms with E-state index in [4.69, 9.17) is 33.7 Å². The Morgan fingerprint density at radius 1 is 1.01 bits per heavy atom. The van der Waals surface area contributed by atoms with Crippen molar-refractivity contribution in [2.75, 3.05) is 77.7 Å². The molecule has 5 atom stereocenters. The van der Waals surface area contributed by atoms with Crippen LogP contribution in [0.1, 0.15) is 120 Å². The normalized spacial score (nSPS) is 31.5. The maximum absolute atomic E-state index is 15.4. The lowest BCUT2D eigenvalue weighted by atomic mass is 9.72. The molecule has 2 amide bonds. The van der Waals surface area contributed by atoms with Gasteiger partial charge in [0.2, 0.25) is 0 Å². The number of carbonyl (C=O) groups is 3. The zero-order valence-electron chi connectivity index (χ0n) is 45.1. The standard InChI is InChI=1S/C58H77N9O8S/c1-34-38-27-58(28-38,75-34)56(70)61-50-52(66-31-36-23-40(66)24-36)53-60-47(32-76-53)37-8-11-48-43(25-37)45(29-57(3,4)33-74-55(69)46-7-6-14-67(62-46)54(50)68)51(65(48)19-22-73-42-12-20-72-21-13-42)44-26-41(30-59-49(44)35(2)71-5)64-17-15-63(16-18-64)39-9-10-39/h8,11,25-26,30,32,34-36,38-40,42,46,50,52,62H,6-7,9-10,12-24,27-29,31,33H2,1-5H3,(H,61,70)/t34-,35-,36?,38?,40?,46-,50-,52-,58?/m0/s1. The molecule has 3 aromatic heterocycles. The summed E-state index contributed by atoms with van der Waals surface area (Å²) in [6, 6.07) is 7.80. The Morgan fingerprint density at radius 3 is 2.54 bits per heavy atom. The number of aromatic nitrogens is 3. The predicted molar refractivity (Wildman–Crippen MR) is 289 cm³/mol. The number of nitrogens with one attached hydrogen (secondary N) is 2. The summed E-state index contributed by atoms with van der Waals surface area (Å²) in [5.74, 6) is -0.0480. The largest absolute Gasteiger partial charge is 0.464 e. The average molecular weight is 1060 g/mol. The van der Waals surface area contributed by atoms with Crippen LogP contribution >= 0.6 is 11.3 Å². The van der Waals surface area contributed by atoms with E-state index in [1.54, 1.807) is 23.5 Å². The third kappa shape index (κ3) is 9.47. The van der Waals surface area contributed by atoms with Gasteiger partial charge in [-0.1, -0.05) is 19.9 Å². The van der Waals surface area contributed by atoms with E-state index in [2.05, 4.69) is 80.4 Å². The summed E-state index contributed by atoms with van der Waals surface area (Å²) in [5.41, 5.74) is 9.86. The summed E-state index contributed by atoms with van der Waals surface area (Å²) >= 11 is 1.55. The van der Waals surface area contributed by atoms with Crippen LogP contribution < -0.4 is 15.6 Å². The molecule has 1 aromatic carbocycles. The third-order valence-corrected chi connectivity index (χ3v) is 19.7. The number of fused-ring (bicyclic) bond motifs is 8. The molecule has 0 unspecified atom stereocenters. The Balaban J connectivity index is 0.953. The van der Waals surface area contributed by atoms with Crippen LogP contribution in [0.5, 0.6) is 0 Å². The van der Waals surface area contributed by atoms with E-state index in [1.807, 2.05) is 13.1 Å². The number of piperazine rings is 1. The SMILES string of the molecule is CO[C@@H](C)c1ncc(N2CCN(C3CC3)CC2)cc1-c1c2c3cc(ccc3n1CCOC1CCOCC1)-c1csc(n1)[C@@H](N1CC3CC1C3)[C@H](NC(=O)C13CC(C1)[C@H](C)O3)C(=O)N1CCC[C@H](N1)C(=O)OCC(C)(C)C2. The number of pyridine rings is 1. The summed E-state index contributed by atoms with van der Waals surface area (Å²) in [6.07, 6.45) is 11.3. The van der Waals surface area contributed by atoms with Crippen LogP contribution in [0.15, 0.2) is 35.8 Å². The van der Waals surface area contributed by atoms with Crippen molar-refractivity contribution in [2.24, 2.45) is 17.3 Å². The first kappa shape index (κ1) is 50.9. The van der Waals surface area contributed by atoms with Gasteiger partial charge < -0.3 is 38.5 Å². The molecule has 3 aliphatic carbocycles. The minimum Gasteiger partial charge on any atom is -0.464 e. The lowest BCUT2D eigenvalue weighted by Gasteiger charge is -2.42. The van der Waals surface area contributed by atoms with Gasteiger partial charge in [0.1, 0.15) is 22.7 Å². The van der Waals surface area contributed by atoms with E-state index in [1.165, 1.54) is 12.8 Å². The van der Waals surface area contributed by atoms with Crippen molar-refractivity contribution in [3.63, 3.8) is 0 Å². The second kappa shape index (κ2) is 20.3. The molecule has 4 aromatic rings. The molecule has 0 radical (unpaired) electrons. The van der Waals surface area contributed by atoms with Crippen LogP contribution in [0.3, 0.4) is 0 Å². The number of thiazole rings is 1. The summed E-state index contributed by atoms with van der Waals surface area (Å²) in [7, 11) is 1.75. The highest BCUT2D eigenvalue weighted by Gasteiger charge is 2.62. The first-order valence-corrected chi connectivity index (χ1v) is 29.5. The topological polar surface area (TPSA) is 165 Å². The Hall–Kier alpha value is -4.53. The Labute approximate surface area is 450 Å². The van der Waals surface area contributed by atoms with Gasteiger partial charge in [0, 0.05) is 111 Å². The van der Waals surface area contributed by atoms with E-state index < -0.39 is 35.1 Å². The van der Waals surface area contributed by atoms with Crippen LogP contribution in [0.4, 0.5) is 5.69 Å². The summed E-state index contributed by atoms with van der Waals surface area (Å²) in [6.45, 7) is 16.3. The zero-order chi connectivity index (χ0) is 52.0. The van der Waals surface area contributed by atoms with Gasteiger partial charge in [0.05, 0.1) is 66.5 Å². The van der Waals surface area contributed by atoms with Crippen molar-refractivity contribution >= 4 is 45.7 Å². The number of carbonyl (C=O) groups excluding carboxylic acids is 3. The van der Waals surface area contributed by atoms with E-state index >= 15 is 4.79 Å². The van der Waals surface area contributed by atoms with Gasteiger partial charge in [-0.2, -0.15) is 0 Å². The first-order valence-electron chi connectivity index (χ1n) is 28.6. The number of hydrogen-bond acceptors (Lipinski definition) is 15. The molecule has 7 saturated heterocycles. The number of methoxy groups -OCH3 is 1. The lowest BCUT2D eigenvalue weighted by molar-refractivity contribution is -0.157. The number of hydrazine groups is 1. The minimum absolute atomic E-state index is 0.0118. The van der Waals surface area contributed by atoms with Gasteiger partial charge in [-0.15, -0.1) is 11.3 Å². The predicted octanol–water partition coefficient (Wildman–Crippen LogP) is 6.82. The van der Waals surface area contributed by atoms with Crippen LogP contribution in [0.2, 0.25) is 0 Å². The molecule has 0 spiro atoms. The molecule has 10 fully saturated rings. The molecule has 8 aliphatic heterocycles. The minimum atomic E-state index is -0.983. The number of amides is 2. The number of ether oxygens (including phenoxy) is 5. The molecule has 11 heterocycles. The molecule has 408 valence electrons. The average Bonchev–Trinajstić information content (AvgIpc) is 3.95. The highest BCUT2D eigenvalue weighted by atomic mass is 32.1.